The normalized spacial score (nSPS) is 11.2. The highest BCUT2D eigenvalue weighted by molar-refractivity contribution is 6.12. The third kappa shape index (κ3) is 5.55. The molecule has 0 aliphatic rings. The van der Waals surface area contributed by atoms with Crippen LogP contribution in [0.15, 0.2) is 107 Å². The second-order valence-corrected chi connectivity index (χ2v) is 9.50. The number of aromatic amines is 1. The average molecular weight is 573 g/mol. The molecule has 0 spiro atoms. The number of para-hydroxylation sites is 1. The first kappa shape index (κ1) is 27.0. The lowest BCUT2D eigenvalue weighted by Crippen LogP contribution is -2.12. The van der Waals surface area contributed by atoms with Gasteiger partial charge in [0.05, 0.1) is 23.7 Å². The van der Waals surface area contributed by atoms with Crippen LogP contribution < -0.4 is 15.4 Å². The van der Waals surface area contributed by atoms with Crippen LogP contribution in [0.1, 0.15) is 20.7 Å². The molecule has 6 aromatic rings. The number of azo groups is 1. The summed E-state index contributed by atoms with van der Waals surface area (Å²) in [6, 6.07) is 27.1. The number of phenolic OH excluding ortho intramolecular Hbond substituents is 1. The third-order valence-electron chi connectivity index (χ3n) is 6.70. The summed E-state index contributed by atoms with van der Waals surface area (Å²) in [6.45, 7) is 0. The number of fused-ring (bicyclic) bond motifs is 2. The number of carbonyl (C=O) groups excluding carboxylic acids is 2. The summed E-state index contributed by atoms with van der Waals surface area (Å²) in [5, 5.41) is 36.3. The van der Waals surface area contributed by atoms with Gasteiger partial charge in [-0.05, 0) is 60.0 Å². The van der Waals surface area contributed by atoms with E-state index >= 15 is 0 Å². The van der Waals surface area contributed by atoms with Crippen molar-refractivity contribution in [2.24, 2.45) is 10.2 Å². The zero-order valence-electron chi connectivity index (χ0n) is 22.7. The largest absolute Gasteiger partial charge is 0.505 e. The quantitative estimate of drug-likeness (QED) is 0.129. The van der Waals surface area contributed by atoms with Gasteiger partial charge in [0, 0.05) is 22.3 Å². The summed E-state index contributed by atoms with van der Waals surface area (Å²) in [7, 11) is 1.47. The van der Waals surface area contributed by atoms with Gasteiger partial charge < -0.3 is 30.6 Å². The SMILES string of the molecule is COc1ccc(C(=O)Nc2ccccc2)cc1N=Nc1c(O)c(C(=O)Nc2ccc3nc(O)[nH]c3c2)cc2ccccc12. The number of H-pyrrole nitrogens is 1. The van der Waals surface area contributed by atoms with E-state index in [-0.39, 0.29) is 34.6 Å². The maximum absolute atomic E-state index is 13.3. The van der Waals surface area contributed by atoms with E-state index in [0.29, 0.717) is 44.5 Å². The molecule has 0 saturated carbocycles. The summed E-state index contributed by atoms with van der Waals surface area (Å²) in [6.07, 6.45) is 0. The molecule has 0 saturated heterocycles. The second-order valence-electron chi connectivity index (χ2n) is 9.50. The fourth-order valence-electron chi connectivity index (χ4n) is 4.60. The minimum Gasteiger partial charge on any atom is -0.505 e. The number of hydrogen-bond donors (Lipinski definition) is 5. The molecule has 11 nitrogen and oxygen atoms in total. The number of phenols is 1. The number of aromatic nitrogens is 2. The summed E-state index contributed by atoms with van der Waals surface area (Å²) in [4.78, 5) is 32.9. The van der Waals surface area contributed by atoms with Gasteiger partial charge in [0.15, 0.2) is 5.75 Å². The van der Waals surface area contributed by atoms with Crippen LogP contribution in [0, 0.1) is 0 Å². The first-order chi connectivity index (χ1) is 20.9. The predicted octanol–water partition coefficient (Wildman–Crippen LogP) is 7.06. The van der Waals surface area contributed by atoms with Gasteiger partial charge in [0.1, 0.15) is 17.1 Å². The molecule has 1 heterocycles. The van der Waals surface area contributed by atoms with E-state index in [0.717, 1.165) is 0 Å². The molecule has 1 aromatic heterocycles. The average Bonchev–Trinajstić information content (AvgIpc) is 3.40. The predicted molar refractivity (Wildman–Crippen MR) is 163 cm³/mol. The number of benzene rings is 5. The first-order valence-corrected chi connectivity index (χ1v) is 13.1. The summed E-state index contributed by atoms with van der Waals surface area (Å²) in [5.74, 6) is -0.948. The number of ether oxygens (including phenoxy) is 1. The van der Waals surface area contributed by atoms with Gasteiger partial charge >= 0.3 is 0 Å². The Kier molecular flexibility index (Phi) is 7.11. The molecule has 6 rings (SSSR count). The number of imidazole rings is 1. The van der Waals surface area contributed by atoms with Gasteiger partial charge in [0.2, 0.25) is 0 Å². The van der Waals surface area contributed by atoms with Crippen LogP contribution >= 0.6 is 0 Å². The fourth-order valence-corrected chi connectivity index (χ4v) is 4.60. The van der Waals surface area contributed by atoms with Crippen molar-refractivity contribution >= 4 is 56.4 Å². The topological polar surface area (TPSA) is 161 Å². The van der Waals surface area contributed by atoms with Gasteiger partial charge in [-0.25, -0.2) is 0 Å². The minimum atomic E-state index is -0.583. The number of amides is 2. The lowest BCUT2D eigenvalue weighted by Gasteiger charge is -2.12. The van der Waals surface area contributed by atoms with Crippen LogP contribution in [0.3, 0.4) is 0 Å². The summed E-state index contributed by atoms with van der Waals surface area (Å²) < 4.78 is 5.43. The van der Waals surface area contributed by atoms with Crippen molar-refractivity contribution in [2.45, 2.75) is 0 Å². The van der Waals surface area contributed by atoms with Gasteiger partial charge in [0.25, 0.3) is 17.8 Å². The summed E-state index contributed by atoms with van der Waals surface area (Å²) >= 11 is 0. The van der Waals surface area contributed by atoms with E-state index in [4.69, 9.17) is 4.74 Å². The lowest BCUT2D eigenvalue weighted by molar-refractivity contribution is 0.101. The van der Waals surface area contributed by atoms with Crippen molar-refractivity contribution in [3.05, 3.63) is 108 Å². The van der Waals surface area contributed by atoms with E-state index in [1.54, 1.807) is 72.8 Å². The zero-order chi connectivity index (χ0) is 29.9. The van der Waals surface area contributed by atoms with E-state index < -0.39 is 5.91 Å². The molecule has 212 valence electrons. The Hall–Kier alpha value is -6.23. The highest BCUT2D eigenvalue weighted by Crippen LogP contribution is 2.40. The molecule has 5 aromatic carbocycles. The molecule has 0 bridgehead atoms. The summed E-state index contributed by atoms with van der Waals surface area (Å²) in [5.41, 5.74) is 2.74. The Morgan fingerprint density at radius 1 is 0.814 bits per heavy atom. The highest BCUT2D eigenvalue weighted by Gasteiger charge is 2.19. The molecule has 0 aliphatic carbocycles. The van der Waals surface area contributed by atoms with Crippen LogP contribution in [0.25, 0.3) is 21.8 Å². The molecule has 0 unspecified atom stereocenters. The number of hydrogen-bond acceptors (Lipinski definition) is 8. The van der Waals surface area contributed by atoms with Crippen molar-refractivity contribution in [3.8, 4) is 17.5 Å². The minimum absolute atomic E-state index is 0.0249. The van der Waals surface area contributed by atoms with Crippen molar-refractivity contribution in [1.82, 2.24) is 9.97 Å². The monoisotopic (exact) mass is 572 g/mol. The molecule has 43 heavy (non-hydrogen) atoms. The van der Waals surface area contributed by atoms with E-state index in [1.807, 2.05) is 18.2 Å². The first-order valence-electron chi connectivity index (χ1n) is 13.1. The number of aromatic hydroxyl groups is 2. The van der Waals surface area contributed by atoms with E-state index in [1.165, 1.54) is 13.2 Å². The number of rotatable bonds is 7. The Bertz CT molecular complexity index is 2040. The van der Waals surface area contributed by atoms with Gasteiger partial charge in [-0.15, -0.1) is 10.2 Å². The molecule has 2 amide bonds. The van der Waals surface area contributed by atoms with Crippen molar-refractivity contribution < 1.29 is 24.5 Å². The smallest absolute Gasteiger partial charge is 0.292 e. The number of nitrogens with one attached hydrogen (secondary N) is 3. The number of anilines is 2. The Labute approximate surface area is 244 Å². The Morgan fingerprint density at radius 3 is 2.40 bits per heavy atom. The molecule has 0 aliphatic heterocycles. The molecular formula is C32H24N6O5. The molecule has 11 heteroatoms. The third-order valence-corrected chi connectivity index (χ3v) is 6.70. The Balaban J connectivity index is 1.34. The highest BCUT2D eigenvalue weighted by atomic mass is 16.5. The molecule has 5 N–H and O–H groups in total. The van der Waals surface area contributed by atoms with Crippen LogP contribution in [0.5, 0.6) is 17.5 Å². The number of methoxy groups -OCH3 is 1. The lowest BCUT2D eigenvalue weighted by atomic mass is 10.0. The maximum atomic E-state index is 13.3. The van der Waals surface area contributed by atoms with Crippen molar-refractivity contribution in [2.75, 3.05) is 17.7 Å². The van der Waals surface area contributed by atoms with E-state index in [9.17, 15) is 19.8 Å². The van der Waals surface area contributed by atoms with Crippen LogP contribution in [0.4, 0.5) is 22.7 Å². The zero-order valence-corrected chi connectivity index (χ0v) is 22.7. The number of carbonyl (C=O) groups is 2. The maximum Gasteiger partial charge on any atom is 0.292 e. The van der Waals surface area contributed by atoms with Gasteiger partial charge in [-0.2, -0.15) is 4.98 Å². The van der Waals surface area contributed by atoms with Gasteiger partial charge in [-0.3, -0.25) is 9.59 Å². The van der Waals surface area contributed by atoms with Crippen LogP contribution in [0.2, 0.25) is 0 Å². The molecule has 0 radical (unpaired) electrons. The molecule has 0 atom stereocenters. The second kappa shape index (κ2) is 11.3. The van der Waals surface area contributed by atoms with Crippen LogP contribution in [-0.4, -0.2) is 39.1 Å². The van der Waals surface area contributed by atoms with E-state index in [2.05, 4.69) is 30.8 Å². The number of nitrogens with zero attached hydrogens (tertiary/aromatic N) is 3. The standard InChI is InChI=1S/C32H24N6O5/c1-43-27-14-11-19(30(40)33-20-8-3-2-4-9-20)16-26(27)37-38-28-22-10-6-5-7-18(22)15-23(29(28)39)31(41)34-21-12-13-24-25(17-21)36-32(42)35-24/h2-17,39H,1H3,(H,33,40)(H,34,41)(H2,35,36,42). The fraction of sp³-hybridized carbons (Fsp3) is 0.0312. The van der Waals surface area contributed by atoms with Gasteiger partial charge in [-0.1, -0.05) is 42.5 Å². The molecular weight excluding hydrogens is 548 g/mol. The van der Waals surface area contributed by atoms with Crippen molar-refractivity contribution in [3.63, 3.8) is 0 Å². The van der Waals surface area contributed by atoms with Crippen molar-refractivity contribution in [1.29, 1.82) is 0 Å². The molecule has 0 fully saturated rings. The van der Waals surface area contributed by atoms with Crippen LogP contribution in [-0.2, 0) is 0 Å². The Morgan fingerprint density at radius 2 is 1.58 bits per heavy atom.